The molecule has 3 aromatic rings. The van der Waals surface area contributed by atoms with Gasteiger partial charge in [0.1, 0.15) is 19.0 Å². The number of benzene rings is 2. The van der Waals surface area contributed by atoms with Crippen LogP contribution in [0.25, 0.3) is 11.1 Å². The summed E-state index contributed by atoms with van der Waals surface area (Å²) < 4.78 is 10.3. The van der Waals surface area contributed by atoms with Crippen LogP contribution in [-0.2, 0) is 14.3 Å². The minimum absolute atomic E-state index is 0.0797. The van der Waals surface area contributed by atoms with E-state index >= 15 is 0 Å². The van der Waals surface area contributed by atoms with Gasteiger partial charge in [0.25, 0.3) is 0 Å². The maximum atomic E-state index is 12.2. The molecular formula is C22H20ClN3O6. The number of aryl methyl sites for hydroxylation is 2. The molecule has 2 amide bonds. The maximum absolute atomic E-state index is 12.2. The first-order valence-corrected chi connectivity index (χ1v) is 9.86. The summed E-state index contributed by atoms with van der Waals surface area (Å²) in [7, 11) is 0. The van der Waals surface area contributed by atoms with Crippen LogP contribution in [0.2, 0.25) is 5.02 Å². The van der Waals surface area contributed by atoms with Crippen LogP contribution in [-0.4, -0.2) is 41.3 Å². The Hall–Kier alpha value is -3.69. The third-order valence-electron chi connectivity index (χ3n) is 4.42. The molecular weight excluding hydrogens is 438 g/mol. The van der Waals surface area contributed by atoms with Crippen LogP contribution in [0.4, 0.5) is 11.4 Å². The zero-order chi connectivity index (χ0) is 23.3. The van der Waals surface area contributed by atoms with Crippen molar-refractivity contribution in [2.75, 3.05) is 23.8 Å². The fourth-order valence-electron chi connectivity index (χ4n) is 3.07. The number of amides is 2. The van der Waals surface area contributed by atoms with E-state index in [0.29, 0.717) is 11.4 Å². The molecule has 32 heavy (non-hydrogen) atoms. The fourth-order valence-corrected chi connectivity index (χ4v) is 3.24. The highest BCUT2D eigenvalue weighted by Crippen LogP contribution is 2.28. The highest BCUT2D eigenvalue weighted by Gasteiger charge is 2.15. The summed E-state index contributed by atoms with van der Waals surface area (Å²) >= 11 is 5.78. The van der Waals surface area contributed by atoms with Crippen molar-refractivity contribution in [2.45, 2.75) is 13.8 Å². The lowest BCUT2D eigenvalue weighted by molar-refractivity contribution is -0.125. The van der Waals surface area contributed by atoms with Crippen molar-refractivity contribution in [2.24, 2.45) is 0 Å². The molecule has 0 saturated carbocycles. The first kappa shape index (κ1) is 23.0. The molecule has 0 aliphatic rings. The second-order valence-corrected chi connectivity index (χ2v) is 7.30. The van der Waals surface area contributed by atoms with Crippen LogP contribution in [0.3, 0.4) is 0 Å². The molecule has 0 fully saturated rings. The topological polar surface area (TPSA) is 131 Å². The van der Waals surface area contributed by atoms with E-state index in [4.69, 9.17) is 20.9 Å². The van der Waals surface area contributed by atoms with Crippen molar-refractivity contribution >= 4 is 40.8 Å². The van der Waals surface area contributed by atoms with Crippen LogP contribution < -0.4 is 10.6 Å². The van der Waals surface area contributed by atoms with Gasteiger partial charge in [0.15, 0.2) is 0 Å². The number of carboxylic acids is 1. The molecule has 2 aromatic carbocycles. The predicted octanol–water partition coefficient (Wildman–Crippen LogP) is 3.90. The Labute approximate surface area is 188 Å². The lowest BCUT2D eigenvalue weighted by Gasteiger charge is -2.10. The number of carboxylic acid groups (broad SMARTS) is 1. The van der Waals surface area contributed by atoms with E-state index in [1.807, 2.05) is 19.9 Å². The largest absolute Gasteiger partial charge is 0.478 e. The Morgan fingerprint density at radius 3 is 2.44 bits per heavy atom. The van der Waals surface area contributed by atoms with E-state index < -0.39 is 24.4 Å². The number of aromatic nitrogens is 1. The molecule has 1 heterocycles. The van der Waals surface area contributed by atoms with Crippen LogP contribution in [0.15, 0.2) is 47.0 Å². The molecule has 0 radical (unpaired) electrons. The summed E-state index contributed by atoms with van der Waals surface area (Å²) in [5, 5.41) is 18.5. The predicted molar refractivity (Wildman–Crippen MR) is 118 cm³/mol. The number of hydrogen-bond donors (Lipinski definition) is 3. The van der Waals surface area contributed by atoms with Crippen molar-refractivity contribution in [3.8, 4) is 11.1 Å². The van der Waals surface area contributed by atoms with Crippen molar-refractivity contribution in [1.82, 2.24) is 5.16 Å². The average Bonchev–Trinajstić information content (AvgIpc) is 3.07. The molecule has 0 bridgehead atoms. The summed E-state index contributed by atoms with van der Waals surface area (Å²) in [5.41, 5.74) is 2.92. The van der Waals surface area contributed by atoms with Gasteiger partial charge < -0.3 is 25.0 Å². The Kier molecular flexibility index (Phi) is 7.24. The van der Waals surface area contributed by atoms with Crippen LogP contribution in [0, 0.1) is 13.8 Å². The molecule has 0 atom stereocenters. The van der Waals surface area contributed by atoms with Crippen molar-refractivity contribution in [1.29, 1.82) is 0 Å². The van der Waals surface area contributed by atoms with Gasteiger partial charge in [-0.25, -0.2) is 4.79 Å². The monoisotopic (exact) mass is 457 g/mol. The number of nitrogens with one attached hydrogen (secondary N) is 2. The molecule has 10 heteroatoms. The first-order chi connectivity index (χ1) is 15.2. The molecule has 3 N–H and O–H groups in total. The number of ether oxygens (including phenoxy) is 1. The maximum Gasteiger partial charge on any atom is 0.337 e. The van der Waals surface area contributed by atoms with E-state index in [2.05, 4.69) is 15.8 Å². The molecule has 0 aliphatic carbocycles. The number of rotatable bonds is 8. The highest BCUT2D eigenvalue weighted by atomic mass is 35.5. The van der Waals surface area contributed by atoms with E-state index in [0.717, 1.165) is 16.8 Å². The van der Waals surface area contributed by atoms with Gasteiger partial charge in [0.2, 0.25) is 11.8 Å². The normalized spacial score (nSPS) is 10.6. The molecule has 1 aromatic heterocycles. The average molecular weight is 458 g/mol. The summed E-state index contributed by atoms with van der Waals surface area (Å²) in [6, 6.07) is 11.2. The van der Waals surface area contributed by atoms with Crippen molar-refractivity contribution in [3.05, 3.63) is 64.5 Å². The third kappa shape index (κ3) is 5.71. The van der Waals surface area contributed by atoms with Gasteiger partial charge >= 0.3 is 5.97 Å². The second kappa shape index (κ2) is 10.1. The first-order valence-electron chi connectivity index (χ1n) is 9.48. The standard InChI is InChI=1S/C22H20ClN3O6/c1-12-21(13(2)32-26-12)14-4-3-5-16(8-14)24-19(27)10-31-11-20(28)25-18-7-6-15(23)9-17(18)22(29)30/h3-9H,10-11H2,1-2H3,(H,24,27)(H,25,28)(H,29,30). The smallest absolute Gasteiger partial charge is 0.337 e. The highest BCUT2D eigenvalue weighted by molar-refractivity contribution is 6.31. The zero-order valence-corrected chi connectivity index (χ0v) is 18.0. The Morgan fingerprint density at radius 2 is 1.78 bits per heavy atom. The van der Waals surface area contributed by atoms with E-state index in [1.165, 1.54) is 18.2 Å². The van der Waals surface area contributed by atoms with Crippen LogP contribution in [0.5, 0.6) is 0 Å². The lowest BCUT2D eigenvalue weighted by Crippen LogP contribution is -2.24. The van der Waals surface area contributed by atoms with Gasteiger partial charge in [-0.05, 0) is 49.7 Å². The number of nitrogens with zero attached hydrogens (tertiary/aromatic N) is 1. The number of hydrogen-bond acceptors (Lipinski definition) is 6. The Balaban J connectivity index is 1.52. The van der Waals surface area contributed by atoms with Gasteiger partial charge in [-0.3, -0.25) is 9.59 Å². The minimum atomic E-state index is -1.23. The summed E-state index contributed by atoms with van der Waals surface area (Å²) in [6.07, 6.45) is 0. The molecule has 0 aliphatic heterocycles. The number of anilines is 2. The van der Waals surface area contributed by atoms with Gasteiger partial charge in [0.05, 0.1) is 16.9 Å². The number of halogens is 1. The molecule has 166 valence electrons. The van der Waals surface area contributed by atoms with Crippen LogP contribution >= 0.6 is 11.6 Å². The molecule has 0 spiro atoms. The number of carbonyl (C=O) groups is 3. The minimum Gasteiger partial charge on any atom is -0.478 e. The lowest BCUT2D eigenvalue weighted by atomic mass is 10.0. The van der Waals surface area contributed by atoms with E-state index in [1.54, 1.807) is 18.2 Å². The van der Waals surface area contributed by atoms with E-state index in [-0.39, 0.29) is 22.9 Å². The molecule has 0 saturated heterocycles. The molecule has 3 rings (SSSR count). The number of aromatic carboxylic acids is 1. The van der Waals surface area contributed by atoms with Gasteiger partial charge in [0, 0.05) is 16.3 Å². The third-order valence-corrected chi connectivity index (χ3v) is 4.66. The Morgan fingerprint density at radius 1 is 1.06 bits per heavy atom. The van der Waals surface area contributed by atoms with Gasteiger partial charge in [-0.15, -0.1) is 0 Å². The van der Waals surface area contributed by atoms with Crippen molar-refractivity contribution in [3.63, 3.8) is 0 Å². The Bertz CT molecular complexity index is 1150. The molecule has 9 nitrogen and oxygen atoms in total. The van der Waals surface area contributed by atoms with Gasteiger partial charge in [-0.1, -0.05) is 28.9 Å². The summed E-state index contributed by atoms with van der Waals surface area (Å²) in [6.45, 7) is 2.84. The van der Waals surface area contributed by atoms with Crippen LogP contribution in [0.1, 0.15) is 21.8 Å². The number of carbonyl (C=O) groups excluding carboxylic acids is 2. The van der Waals surface area contributed by atoms with Gasteiger partial charge in [-0.2, -0.15) is 0 Å². The second-order valence-electron chi connectivity index (χ2n) is 6.86. The zero-order valence-electron chi connectivity index (χ0n) is 17.3. The molecule has 0 unspecified atom stereocenters. The van der Waals surface area contributed by atoms with E-state index in [9.17, 15) is 19.5 Å². The quantitative estimate of drug-likeness (QED) is 0.467. The summed E-state index contributed by atoms with van der Waals surface area (Å²) in [4.78, 5) is 35.5. The SMILES string of the molecule is Cc1noc(C)c1-c1cccc(NC(=O)COCC(=O)Nc2ccc(Cl)cc2C(=O)O)c1. The fraction of sp³-hybridized carbons (Fsp3) is 0.182. The summed E-state index contributed by atoms with van der Waals surface area (Å²) in [5.74, 6) is -1.62. The van der Waals surface area contributed by atoms with Crippen molar-refractivity contribution < 1.29 is 28.8 Å².